The summed E-state index contributed by atoms with van der Waals surface area (Å²) in [5, 5.41) is 61.4. The van der Waals surface area contributed by atoms with Crippen molar-refractivity contribution in [1.82, 2.24) is 0 Å². The number of unbranched alkanes of at least 4 members (excludes halogenated alkanes) is 27. The molecule has 8 aromatic rings. The van der Waals surface area contributed by atoms with E-state index in [4.69, 9.17) is 17.6 Å². The van der Waals surface area contributed by atoms with Gasteiger partial charge in [-0.25, -0.2) is 0 Å². The lowest BCUT2D eigenvalue weighted by Gasteiger charge is -2.29. The van der Waals surface area contributed by atoms with Crippen LogP contribution >= 0.6 is 90.7 Å². The third-order valence-electron chi connectivity index (χ3n) is 18.9. The van der Waals surface area contributed by atoms with Crippen molar-refractivity contribution >= 4 is 96.7 Å². The summed E-state index contributed by atoms with van der Waals surface area (Å²) in [6, 6.07) is 25.3. The number of thiophene rings is 8. The average molecular weight is 1520 g/mol. The number of esters is 1. The zero-order chi connectivity index (χ0) is 72.7. The molecule has 0 spiro atoms. The smallest absolute Gasteiger partial charge is 0.305 e. The van der Waals surface area contributed by atoms with Crippen molar-refractivity contribution in [3.63, 3.8) is 0 Å². The Morgan fingerprint density at radius 3 is 1.01 bits per heavy atom. The Bertz CT molecular complexity index is 3410. The average Bonchev–Trinajstić information content (AvgIpc) is 1.71. The second kappa shape index (κ2) is 51.1. The number of hydrogen-bond donors (Lipinski definition) is 4. The molecule has 6 nitrogen and oxygen atoms in total. The van der Waals surface area contributed by atoms with Crippen LogP contribution in [0.15, 0.2) is 128 Å². The fraction of sp³-hybridized carbons (Fsp3) is 0.552. The number of rotatable bonds is 49. The first-order chi connectivity index (χ1) is 49.1. The van der Waals surface area contributed by atoms with Crippen LogP contribution in [0, 0.1) is 24.7 Å². The van der Waals surface area contributed by atoms with Gasteiger partial charge in [0.05, 0.1) is 48.5 Å². The van der Waals surface area contributed by atoms with Gasteiger partial charge in [0.1, 0.15) is 0 Å². The van der Waals surface area contributed by atoms with Crippen molar-refractivity contribution in [1.29, 1.82) is 0 Å². The Labute approximate surface area is 643 Å². The summed E-state index contributed by atoms with van der Waals surface area (Å²) >= 11 is 13.9. The van der Waals surface area contributed by atoms with E-state index in [1.165, 1.54) is 155 Å². The zero-order valence-corrected chi connectivity index (χ0v) is 68.5. The Kier molecular flexibility index (Phi) is 44.2. The number of terminal acetylenes is 2. The molecule has 8 rings (SSSR count). The van der Waals surface area contributed by atoms with Crippen molar-refractivity contribution in [2.75, 3.05) is 6.61 Å². The maximum absolute atomic E-state index is 11.8. The number of hydrogen-bond acceptors (Lipinski definition) is 14. The lowest BCUT2D eigenvalue weighted by atomic mass is 9.83. The summed E-state index contributed by atoms with van der Waals surface area (Å²) in [7, 11) is 0. The molecule has 4 N–H and O–H groups in total. The molecule has 0 saturated carbocycles. The summed E-state index contributed by atoms with van der Waals surface area (Å²) in [6.07, 6.45) is 54.7. The van der Waals surface area contributed by atoms with E-state index in [2.05, 4.69) is 141 Å². The van der Waals surface area contributed by atoms with E-state index in [9.17, 15) is 25.2 Å². The highest BCUT2D eigenvalue weighted by Gasteiger charge is 2.33. The normalized spacial score (nSPS) is 13.5. The minimum atomic E-state index is -0.787. The van der Waals surface area contributed by atoms with Crippen LogP contribution in [0.4, 0.5) is 0 Å². The second-order valence-corrected chi connectivity index (χ2v) is 35.1. The topological polar surface area (TPSA) is 107 Å². The van der Waals surface area contributed by atoms with Crippen molar-refractivity contribution < 1.29 is 30.0 Å². The van der Waals surface area contributed by atoms with Gasteiger partial charge >= 0.3 is 5.97 Å². The van der Waals surface area contributed by atoms with E-state index in [0.717, 1.165) is 144 Å². The minimum Gasteiger partial charge on any atom is -0.466 e. The van der Waals surface area contributed by atoms with Gasteiger partial charge in [0.15, 0.2) is 0 Å². The van der Waals surface area contributed by atoms with Gasteiger partial charge in [-0.05, 0) is 183 Å². The Morgan fingerprint density at radius 2 is 0.693 bits per heavy atom. The molecule has 0 radical (unpaired) electrons. The largest absolute Gasteiger partial charge is 0.466 e. The number of ether oxygens (including phenoxy) is 1. The van der Waals surface area contributed by atoms with Gasteiger partial charge in [0, 0.05) is 61.0 Å². The van der Waals surface area contributed by atoms with Crippen LogP contribution in [0.1, 0.15) is 301 Å². The molecular weight excluding hydrogens is 1400 g/mol. The summed E-state index contributed by atoms with van der Waals surface area (Å²) in [6.45, 7) is 14.2. The molecule has 8 aromatic heterocycles. The highest BCUT2D eigenvalue weighted by molar-refractivity contribution is 7.22. The number of allylic oxidation sites excluding steroid dienone is 1. The van der Waals surface area contributed by atoms with Gasteiger partial charge in [-0.3, -0.25) is 4.79 Å². The highest BCUT2D eigenvalue weighted by atomic mass is 32.1. The van der Waals surface area contributed by atoms with Gasteiger partial charge in [0.25, 0.3) is 0 Å². The third-order valence-corrected chi connectivity index (χ3v) is 26.8. The van der Waals surface area contributed by atoms with E-state index < -0.39 is 22.4 Å². The summed E-state index contributed by atoms with van der Waals surface area (Å²) in [5.74, 6) is 5.32. The van der Waals surface area contributed by atoms with Gasteiger partial charge in [-0.2, -0.15) is 0 Å². The van der Waals surface area contributed by atoms with E-state index >= 15 is 0 Å². The molecule has 0 aliphatic rings. The molecule has 0 saturated heterocycles. The van der Waals surface area contributed by atoms with Crippen LogP contribution in [0.25, 0.3) is 39.0 Å². The summed E-state index contributed by atoms with van der Waals surface area (Å²) in [5.41, 5.74) is 1.46. The van der Waals surface area contributed by atoms with Crippen LogP contribution in [0.2, 0.25) is 0 Å². The first-order valence-electron chi connectivity index (χ1n) is 38.1. The van der Waals surface area contributed by atoms with Crippen molar-refractivity contribution in [2.45, 2.75) is 301 Å². The Hall–Kier alpha value is -4.23. The van der Waals surface area contributed by atoms with E-state index in [-0.39, 0.29) is 5.97 Å². The van der Waals surface area contributed by atoms with Gasteiger partial charge in [-0.1, -0.05) is 198 Å². The molecule has 0 aromatic carbocycles. The first-order valence-corrected chi connectivity index (χ1v) is 45.1. The predicted molar refractivity (Wildman–Crippen MR) is 449 cm³/mol. The predicted octanol–water partition coefficient (Wildman–Crippen LogP) is 28.6. The van der Waals surface area contributed by atoms with Crippen molar-refractivity contribution in [3.8, 4) is 63.7 Å². The molecular formula is C87H122O6S8. The van der Waals surface area contributed by atoms with E-state index in [1.54, 1.807) is 90.7 Å². The molecule has 101 heavy (non-hydrogen) atoms. The molecule has 8 heterocycles. The first kappa shape index (κ1) is 87.4. The van der Waals surface area contributed by atoms with Crippen LogP contribution in [0.5, 0.6) is 0 Å². The van der Waals surface area contributed by atoms with Crippen molar-refractivity contribution in [2.24, 2.45) is 0 Å². The molecule has 0 aliphatic carbocycles. The molecule has 0 amide bonds. The lowest BCUT2D eigenvalue weighted by molar-refractivity contribution is -0.143. The molecule has 554 valence electrons. The molecule has 0 aliphatic heterocycles. The standard InChI is InChI=1S/C27H40OS2.C20H28O3S2.C20H28OS2.C20H26OS2/c1-3-5-7-9-11-12-14-16-21-27(28,20-15-13-10-8-6-4-2)24-19-23-30-26(24)25-18-17-22-29-25;1-3-23-18(21)11-7-5-4-6-8-13-20(2,22)16-12-15-25-19(16)17-10-9-14-24-17;2*1-3-4-5-6-7-8-9-10-14-20(2,21)17-13-16-23-19(17)18-12-11-15-22-18/h1,17-19,22-23,28H,4-16,20-21H2,2H3;9-10,12,14-15,22H,3-8,11,13H2,1-2H3;3,11-13,15-16,21H,1,4-10,14H2,2H3;1,11-13,15-16,21H,4-10,14H2,2H3. The molecule has 0 fully saturated rings. The Morgan fingerprint density at radius 1 is 0.396 bits per heavy atom. The fourth-order valence-corrected chi connectivity index (χ4v) is 20.6. The third kappa shape index (κ3) is 33.0. The monoisotopic (exact) mass is 1520 g/mol. The number of carbonyl (C=O) groups is 1. The lowest BCUT2D eigenvalue weighted by Crippen LogP contribution is -2.26. The van der Waals surface area contributed by atoms with Crippen molar-refractivity contribution in [3.05, 3.63) is 151 Å². The molecule has 14 heteroatoms. The van der Waals surface area contributed by atoms with Crippen LogP contribution in [-0.2, 0) is 31.9 Å². The molecule has 4 unspecified atom stereocenters. The summed E-state index contributed by atoms with van der Waals surface area (Å²) < 4.78 is 4.93. The fourth-order valence-electron chi connectivity index (χ4n) is 13.0. The van der Waals surface area contributed by atoms with Crippen LogP contribution in [-0.4, -0.2) is 33.0 Å². The van der Waals surface area contributed by atoms with Gasteiger partial charge in [-0.15, -0.1) is 122 Å². The molecule has 0 bridgehead atoms. The Balaban J connectivity index is 0.000000244. The minimum absolute atomic E-state index is 0.0935. The number of carbonyl (C=O) groups excluding carboxylic acids is 1. The zero-order valence-electron chi connectivity index (χ0n) is 61.9. The van der Waals surface area contributed by atoms with Gasteiger partial charge < -0.3 is 25.2 Å². The van der Waals surface area contributed by atoms with E-state index in [1.807, 2.05) is 33.8 Å². The quantitative estimate of drug-likeness (QED) is 0.0131. The van der Waals surface area contributed by atoms with E-state index in [0.29, 0.717) is 13.0 Å². The molecule has 4 atom stereocenters. The van der Waals surface area contributed by atoms with Gasteiger partial charge in [0.2, 0.25) is 0 Å². The number of aliphatic hydroxyl groups is 4. The maximum Gasteiger partial charge on any atom is 0.305 e. The highest BCUT2D eigenvalue weighted by Crippen LogP contribution is 2.46. The second-order valence-electron chi connectivity index (χ2n) is 27.6. The van der Waals surface area contributed by atoms with Crippen LogP contribution < -0.4 is 0 Å². The maximum atomic E-state index is 11.8. The summed E-state index contributed by atoms with van der Waals surface area (Å²) in [4.78, 5) is 21.2. The SMILES string of the molecule is C#CCCCCCCCCC(C)(O)c1ccsc1-c1cccs1.C#CCCCCCCCCC(O)(CCCCCCCC)c1ccsc1-c1cccs1.C=CCCCCCCCCC(C)(O)c1ccsc1-c1cccs1.CCOC(=O)CCCCCCCC(C)(O)c1ccsc1-c1cccs1. The van der Waals surface area contributed by atoms with Crippen LogP contribution in [0.3, 0.4) is 0 Å².